The molecule has 8 heteroatoms. The number of rotatable bonds is 3. The summed E-state index contributed by atoms with van der Waals surface area (Å²) in [5, 5.41) is 0. The fraction of sp³-hybridized carbons (Fsp3) is 0.348. The molecular formula is C23H21F3N2O3. The zero-order chi connectivity index (χ0) is 21.7. The molecule has 1 fully saturated rings. The van der Waals surface area contributed by atoms with Crippen LogP contribution in [-0.2, 0) is 15.0 Å². The predicted molar refractivity (Wildman–Crippen MR) is 109 cm³/mol. The van der Waals surface area contributed by atoms with E-state index >= 15 is 0 Å². The highest BCUT2D eigenvalue weighted by atomic mass is 19.4. The molecule has 0 radical (unpaired) electrons. The highest BCUT2D eigenvalue weighted by Crippen LogP contribution is 2.65. The van der Waals surface area contributed by atoms with Gasteiger partial charge in [0.15, 0.2) is 6.61 Å². The van der Waals surface area contributed by atoms with Gasteiger partial charge in [-0.2, -0.15) is 13.2 Å². The Morgan fingerprint density at radius 2 is 1.94 bits per heavy atom. The highest BCUT2D eigenvalue weighted by molar-refractivity contribution is 5.79. The quantitative estimate of drug-likeness (QED) is 0.773. The van der Waals surface area contributed by atoms with Gasteiger partial charge < -0.3 is 19.9 Å². The first-order chi connectivity index (χ1) is 14.8. The minimum Gasteiger partial charge on any atom is -0.493 e. The van der Waals surface area contributed by atoms with Gasteiger partial charge in [0, 0.05) is 11.0 Å². The summed E-state index contributed by atoms with van der Waals surface area (Å²) in [7, 11) is 0. The lowest BCUT2D eigenvalue weighted by atomic mass is 9.74. The van der Waals surface area contributed by atoms with Crippen molar-refractivity contribution < 1.29 is 27.4 Å². The largest absolute Gasteiger partial charge is 0.493 e. The maximum Gasteiger partial charge on any atom is 0.422 e. The van der Waals surface area contributed by atoms with Crippen LogP contribution in [0.1, 0.15) is 24.0 Å². The summed E-state index contributed by atoms with van der Waals surface area (Å²) in [5.41, 5.74) is 7.58. The Kier molecular flexibility index (Phi) is 4.42. The number of ether oxygens (including phenoxy) is 3. The summed E-state index contributed by atoms with van der Waals surface area (Å²) in [4.78, 5) is 4.71. The van der Waals surface area contributed by atoms with Gasteiger partial charge in [0.2, 0.25) is 0 Å². The second kappa shape index (κ2) is 6.93. The van der Waals surface area contributed by atoms with Crippen LogP contribution < -0.4 is 10.5 Å². The highest BCUT2D eigenvalue weighted by Gasteiger charge is 2.66. The molecule has 1 aromatic carbocycles. The zero-order valence-corrected chi connectivity index (χ0v) is 16.6. The Balaban J connectivity index is 1.54. The van der Waals surface area contributed by atoms with Gasteiger partial charge in [-0.1, -0.05) is 30.4 Å². The average molecular weight is 430 g/mol. The van der Waals surface area contributed by atoms with Gasteiger partial charge >= 0.3 is 6.18 Å². The Morgan fingerprint density at radius 3 is 2.65 bits per heavy atom. The second-order valence-electron chi connectivity index (χ2n) is 8.20. The summed E-state index contributed by atoms with van der Waals surface area (Å²) >= 11 is 0. The fourth-order valence-corrected chi connectivity index (χ4v) is 4.39. The fourth-order valence-electron chi connectivity index (χ4n) is 4.39. The van der Waals surface area contributed by atoms with Gasteiger partial charge in [0.05, 0.1) is 6.61 Å². The van der Waals surface area contributed by atoms with E-state index in [2.05, 4.69) is 0 Å². The number of nitrogens with zero attached hydrogens (tertiary/aromatic N) is 1. The summed E-state index contributed by atoms with van der Waals surface area (Å²) in [6.45, 7) is -0.434. The first-order valence-electron chi connectivity index (χ1n) is 10.0. The van der Waals surface area contributed by atoms with E-state index in [0.29, 0.717) is 18.8 Å². The van der Waals surface area contributed by atoms with Crippen molar-refractivity contribution in [3.05, 3.63) is 71.5 Å². The minimum atomic E-state index is -4.41. The van der Waals surface area contributed by atoms with Gasteiger partial charge in [-0.15, -0.1) is 0 Å². The first-order valence-corrected chi connectivity index (χ1v) is 10.0. The molecule has 2 N–H and O–H groups in total. The molecule has 2 aliphatic heterocycles. The number of hydrogen-bond donors (Lipinski definition) is 1. The normalized spacial score (nSPS) is 27.6. The third-order valence-corrected chi connectivity index (χ3v) is 6.18. The van der Waals surface area contributed by atoms with Crippen molar-refractivity contribution in [3.8, 4) is 5.75 Å². The topological polar surface area (TPSA) is 66.1 Å². The van der Waals surface area contributed by atoms with Crippen LogP contribution in [0, 0.1) is 5.41 Å². The number of hydrogen-bond acceptors (Lipinski definition) is 5. The van der Waals surface area contributed by atoms with Gasteiger partial charge in [-0.25, -0.2) is 4.99 Å². The lowest BCUT2D eigenvalue weighted by Gasteiger charge is -2.39. The van der Waals surface area contributed by atoms with Crippen LogP contribution >= 0.6 is 0 Å². The van der Waals surface area contributed by atoms with E-state index in [1.165, 1.54) is 6.08 Å². The van der Waals surface area contributed by atoms with Crippen molar-refractivity contribution in [1.29, 1.82) is 0 Å². The van der Waals surface area contributed by atoms with Crippen molar-refractivity contribution >= 4 is 11.6 Å². The zero-order valence-electron chi connectivity index (χ0n) is 16.6. The molecule has 5 nitrogen and oxygen atoms in total. The summed E-state index contributed by atoms with van der Waals surface area (Å²) in [6.07, 6.45) is 7.67. The molecule has 2 heterocycles. The molecule has 5 rings (SSSR count). The van der Waals surface area contributed by atoms with Crippen LogP contribution in [0.15, 0.2) is 65.4 Å². The van der Waals surface area contributed by atoms with Crippen molar-refractivity contribution in [3.63, 3.8) is 0 Å². The standard InChI is InChI=1S/C23H21F3N2O3/c24-23(25,26)14-29-17-5-3-1-2-4-15(10-17)16-6-7-19-18(11-16)22(13-31-20(27)28-22)21(8-9-21)12-30-19/h1-7,10-11H,8-9,12-14H2,(H2,27,28)/b2-1+,3-1?,4-2?,5-3+,15-4?,15-10?,17-5?,17-10?. The van der Waals surface area contributed by atoms with Crippen LogP contribution in [-0.4, -0.2) is 32.0 Å². The van der Waals surface area contributed by atoms with E-state index in [1.54, 1.807) is 18.2 Å². The Labute approximate surface area is 177 Å². The maximum absolute atomic E-state index is 12.6. The number of allylic oxidation sites excluding steroid dienone is 7. The van der Waals surface area contributed by atoms with Crippen LogP contribution in [0.4, 0.5) is 13.2 Å². The molecule has 31 heavy (non-hydrogen) atoms. The van der Waals surface area contributed by atoms with Crippen LogP contribution in [0.3, 0.4) is 0 Å². The number of amidine groups is 1. The van der Waals surface area contributed by atoms with Crippen LogP contribution in [0.25, 0.3) is 5.57 Å². The maximum atomic E-state index is 12.6. The molecule has 2 spiro atoms. The van der Waals surface area contributed by atoms with Gasteiger partial charge in [-0.3, -0.25) is 0 Å². The van der Waals surface area contributed by atoms with Crippen molar-refractivity contribution in [1.82, 2.24) is 0 Å². The average Bonchev–Trinajstić information content (AvgIpc) is 3.39. The molecular weight excluding hydrogens is 409 g/mol. The first kappa shape index (κ1) is 19.8. The number of fused-ring (bicyclic) bond motifs is 3. The Bertz CT molecular complexity index is 1060. The molecule has 2 aliphatic carbocycles. The summed E-state index contributed by atoms with van der Waals surface area (Å²) in [5.74, 6) is 0.851. The van der Waals surface area contributed by atoms with Gasteiger partial charge in [-0.05, 0) is 48.3 Å². The van der Waals surface area contributed by atoms with Crippen LogP contribution in [0.5, 0.6) is 5.75 Å². The molecule has 0 amide bonds. The predicted octanol–water partition coefficient (Wildman–Crippen LogP) is 4.37. The lowest BCUT2D eigenvalue weighted by Crippen LogP contribution is -2.44. The summed E-state index contributed by atoms with van der Waals surface area (Å²) in [6, 6.07) is 5.89. The van der Waals surface area contributed by atoms with Crippen molar-refractivity contribution in [2.24, 2.45) is 16.1 Å². The number of halogens is 3. The molecule has 0 bridgehead atoms. The Morgan fingerprint density at radius 1 is 1.10 bits per heavy atom. The number of alkyl halides is 3. The molecule has 0 saturated heterocycles. The lowest BCUT2D eigenvalue weighted by molar-refractivity contribution is -0.163. The minimum absolute atomic E-state index is 0.127. The monoisotopic (exact) mass is 430 g/mol. The molecule has 1 atom stereocenters. The van der Waals surface area contributed by atoms with E-state index in [-0.39, 0.29) is 17.2 Å². The van der Waals surface area contributed by atoms with Gasteiger partial charge in [0.1, 0.15) is 23.7 Å². The van der Waals surface area contributed by atoms with E-state index in [1.807, 2.05) is 30.4 Å². The molecule has 1 aromatic rings. The molecule has 4 aliphatic rings. The van der Waals surface area contributed by atoms with Crippen molar-refractivity contribution in [2.75, 3.05) is 19.8 Å². The van der Waals surface area contributed by atoms with Gasteiger partial charge in [0.25, 0.3) is 6.02 Å². The number of benzene rings is 1. The molecule has 162 valence electrons. The Hall–Kier alpha value is -3.16. The number of aliphatic imine (C=N–C) groups is 1. The van der Waals surface area contributed by atoms with E-state index in [4.69, 9.17) is 24.9 Å². The molecule has 0 aromatic heterocycles. The summed E-state index contributed by atoms with van der Waals surface area (Å²) < 4.78 is 54.5. The molecule has 1 saturated carbocycles. The smallest absolute Gasteiger partial charge is 0.422 e. The van der Waals surface area contributed by atoms with E-state index in [0.717, 1.165) is 29.7 Å². The third kappa shape index (κ3) is 3.49. The SMILES string of the molecule is NC1=NC2(CO1)c1cc(C3=C/C=C/C=C/C(OCC(F)(F)F)=C3)ccc1OCC21CC1. The molecule has 1 unspecified atom stereocenters. The third-order valence-electron chi connectivity index (χ3n) is 6.18. The van der Waals surface area contributed by atoms with E-state index < -0.39 is 18.3 Å². The van der Waals surface area contributed by atoms with Crippen LogP contribution in [0.2, 0.25) is 0 Å². The second-order valence-corrected chi connectivity index (χ2v) is 8.20. The van der Waals surface area contributed by atoms with Crippen molar-refractivity contribution in [2.45, 2.75) is 24.6 Å². The number of nitrogens with two attached hydrogens (primary N) is 1. The van der Waals surface area contributed by atoms with E-state index in [9.17, 15) is 13.2 Å².